The van der Waals surface area contributed by atoms with E-state index in [0.29, 0.717) is 0 Å². The summed E-state index contributed by atoms with van der Waals surface area (Å²) in [7, 11) is 0. The van der Waals surface area contributed by atoms with Crippen LogP contribution >= 0.6 is 0 Å². The molecule has 15 heavy (non-hydrogen) atoms. The Morgan fingerprint density at radius 3 is 2.67 bits per heavy atom. The minimum Gasteiger partial charge on any atom is -0.511 e. The van der Waals surface area contributed by atoms with Crippen molar-refractivity contribution in [2.24, 2.45) is 0 Å². The molecular weight excluding hydrogens is 197 g/mol. The molecule has 0 amide bonds. The summed E-state index contributed by atoms with van der Waals surface area (Å²) >= 11 is 0. The maximum Gasteiger partial charge on any atom is 0.207 e. The Hall–Kier alpha value is -2.15. The molecule has 1 rings (SSSR count). The second-order valence-electron chi connectivity index (χ2n) is 2.91. The van der Waals surface area contributed by atoms with Gasteiger partial charge in [-0.1, -0.05) is 12.1 Å². The zero-order valence-electron chi connectivity index (χ0n) is 7.99. The lowest BCUT2D eigenvalue weighted by Crippen LogP contribution is -2.04. The second kappa shape index (κ2) is 4.38. The van der Waals surface area contributed by atoms with Crippen molar-refractivity contribution in [3.8, 4) is 6.07 Å². The van der Waals surface area contributed by atoms with Crippen molar-refractivity contribution in [3.05, 3.63) is 47.0 Å². The van der Waals surface area contributed by atoms with Gasteiger partial charge in [-0.15, -0.1) is 0 Å². The Morgan fingerprint density at radius 2 is 2.20 bits per heavy atom. The van der Waals surface area contributed by atoms with Crippen LogP contribution in [0.2, 0.25) is 0 Å². The maximum absolute atomic E-state index is 12.8. The quantitative estimate of drug-likeness (QED) is 0.349. The van der Waals surface area contributed by atoms with E-state index in [2.05, 4.69) is 0 Å². The Bertz CT molecular complexity index is 468. The summed E-state index contributed by atoms with van der Waals surface area (Å²) in [6, 6.07) is 6.53. The van der Waals surface area contributed by atoms with Gasteiger partial charge in [0.15, 0.2) is 0 Å². The number of hydrogen-bond donors (Lipinski definition) is 1. The first-order valence-electron chi connectivity index (χ1n) is 4.16. The van der Waals surface area contributed by atoms with Gasteiger partial charge < -0.3 is 5.11 Å². The van der Waals surface area contributed by atoms with Gasteiger partial charge in [-0.3, -0.25) is 4.79 Å². The topological polar surface area (TPSA) is 61.1 Å². The zero-order valence-corrected chi connectivity index (χ0v) is 7.99. The van der Waals surface area contributed by atoms with Gasteiger partial charge in [-0.2, -0.15) is 5.26 Å². The van der Waals surface area contributed by atoms with Gasteiger partial charge in [0.05, 0.1) is 0 Å². The molecule has 76 valence electrons. The highest BCUT2D eigenvalue weighted by molar-refractivity contribution is 6.11. The summed E-state index contributed by atoms with van der Waals surface area (Å²) in [5, 5.41) is 17.7. The van der Waals surface area contributed by atoms with Crippen molar-refractivity contribution in [1.29, 1.82) is 5.26 Å². The fourth-order valence-electron chi connectivity index (χ4n) is 1.07. The van der Waals surface area contributed by atoms with Crippen molar-refractivity contribution in [2.45, 2.75) is 6.92 Å². The molecule has 0 aliphatic heterocycles. The van der Waals surface area contributed by atoms with Crippen LogP contribution in [0.1, 0.15) is 17.3 Å². The Labute approximate surface area is 86.1 Å². The van der Waals surface area contributed by atoms with Gasteiger partial charge in [0.25, 0.3) is 0 Å². The second-order valence-corrected chi connectivity index (χ2v) is 2.91. The van der Waals surface area contributed by atoms with Crippen LogP contribution in [-0.4, -0.2) is 10.9 Å². The SMILES string of the molecule is CC(O)=C(C#N)C(=O)c1cccc(F)c1. The highest BCUT2D eigenvalue weighted by Crippen LogP contribution is 2.11. The number of hydrogen-bond acceptors (Lipinski definition) is 3. The lowest BCUT2D eigenvalue weighted by atomic mass is 10.0. The third-order valence-electron chi connectivity index (χ3n) is 1.79. The van der Waals surface area contributed by atoms with Crippen molar-refractivity contribution < 1.29 is 14.3 Å². The Morgan fingerprint density at radius 1 is 1.53 bits per heavy atom. The molecule has 3 nitrogen and oxygen atoms in total. The number of carbonyl (C=O) groups excluding carboxylic acids is 1. The number of halogens is 1. The van der Waals surface area contributed by atoms with Gasteiger partial charge in [0, 0.05) is 5.56 Å². The zero-order chi connectivity index (χ0) is 11.4. The summed E-state index contributed by atoms with van der Waals surface area (Å²) in [5.41, 5.74) is -0.333. The molecule has 0 atom stereocenters. The van der Waals surface area contributed by atoms with Gasteiger partial charge in [-0.05, 0) is 19.1 Å². The lowest BCUT2D eigenvalue weighted by Gasteiger charge is -2.00. The van der Waals surface area contributed by atoms with Crippen LogP contribution < -0.4 is 0 Å². The molecule has 4 heteroatoms. The van der Waals surface area contributed by atoms with Gasteiger partial charge >= 0.3 is 0 Å². The van der Waals surface area contributed by atoms with Crippen LogP contribution in [0.5, 0.6) is 0 Å². The van der Waals surface area contributed by atoms with Crippen molar-refractivity contribution >= 4 is 5.78 Å². The first kappa shape index (κ1) is 10.9. The maximum atomic E-state index is 12.8. The number of aliphatic hydroxyl groups is 1. The van der Waals surface area contributed by atoms with Crippen LogP contribution in [0.4, 0.5) is 4.39 Å². The van der Waals surface area contributed by atoms with Crippen molar-refractivity contribution in [2.75, 3.05) is 0 Å². The van der Waals surface area contributed by atoms with E-state index in [4.69, 9.17) is 10.4 Å². The number of carbonyl (C=O) groups is 1. The highest BCUT2D eigenvalue weighted by atomic mass is 19.1. The van der Waals surface area contributed by atoms with E-state index in [-0.39, 0.29) is 16.9 Å². The summed E-state index contributed by atoms with van der Waals surface area (Å²) in [6.45, 7) is 1.23. The van der Waals surface area contributed by atoms with Crippen molar-refractivity contribution in [1.82, 2.24) is 0 Å². The minimum absolute atomic E-state index is 0.0416. The van der Waals surface area contributed by atoms with Gasteiger partial charge in [0.1, 0.15) is 23.2 Å². The molecule has 0 aliphatic rings. The van der Waals surface area contributed by atoms with E-state index in [1.54, 1.807) is 6.07 Å². The molecule has 0 saturated heterocycles. The van der Waals surface area contributed by atoms with E-state index in [1.807, 2.05) is 0 Å². The average molecular weight is 205 g/mol. The predicted molar refractivity (Wildman–Crippen MR) is 51.7 cm³/mol. The van der Waals surface area contributed by atoms with Gasteiger partial charge in [-0.25, -0.2) is 4.39 Å². The van der Waals surface area contributed by atoms with Crippen LogP contribution in [0, 0.1) is 17.1 Å². The smallest absolute Gasteiger partial charge is 0.207 e. The average Bonchev–Trinajstić information content (AvgIpc) is 2.18. The molecule has 0 heterocycles. The Kier molecular flexibility index (Phi) is 3.19. The molecule has 0 aliphatic carbocycles. The number of allylic oxidation sites excluding steroid dienone is 2. The summed E-state index contributed by atoms with van der Waals surface area (Å²) < 4.78 is 12.8. The molecule has 0 aromatic heterocycles. The van der Waals surface area contributed by atoms with E-state index in [1.165, 1.54) is 25.1 Å². The lowest BCUT2D eigenvalue weighted by molar-refractivity contribution is 0.103. The molecule has 0 fully saturated rings. The summed E-state index contributed by atoms with van der Waals surface area (Å²) in [4.78, 5) is 11.6. The highest BCUT2D eigenvalue weighted by Gasteiger charge is 2.15. The van der Waals surface area contributed by atoms with E-state index in [9.17, 15) is 9.18 Å². The molecule has 0 unspecified atom stereocenters. The van der Waals surface area contributed by atoms with Gasteiger partial charge in [0.2, 0.25) is 5.78 Å². The Balaban J connectivity index is 3.17. The largest absolute Gasteiger partial charge is 0.511 e. The molecule has 1 aromatic rings. The molecule has 0 bridgehead atoms. The number of benzene rings is 1. The van der Waals surface area contributed by atoms with E-state index in [0.717, 1.165) is 6.07 Å². The molecular formula is C11H8FNO2. The number of ketones is 1. The first-order valence-corrected chi connectivity index (χ1v) is 4.16. The standard InChI is InChI=1S/C11H8FNO2/c1-7(14)10(6-13)11(15)8-3-2-4-9(12)5-8/h2-5,14H,1H3. The molecule has 0 saturated carbocycles. The number of Topliss-reactive ketones (excluding diaryl/α,β-unsaturated/α-hetero) is 1. The van der Waals surface area contributed by atoms with Crippen LogP contribution in [0.3, 0.4) is 0 Å². The third-order valence-corrected chi connectivity index (χ3v) is 1.79. The summed E-state index contributed by atoms with van der Waals surface area (Å²) in [5.74, 6) is -1.61. The third kappa shape index (κ3) is 2.41. The fraction of sp³-hybridized carbons (Fsp3) is 0.0909. The molecule has 0 radical (unpaired) electrons. The van der Waals surface area contributed by atoms with Crippen LogP contribution in [0.15, 0.2) is 35.6 Å². The monoisotopic (exact) mass is 205 g/mol. The number of rotatable bonds is 2. The predicted octanol–water partition coefficient (Wildman–Crippen LogP) is 2.36. The number of nitriles is 1. The van der Waals surface area contributed by atoms with Crippen molar-refractivity contribution in [3.63, 3.8) is 0 Å². The summed E-state index contributed by atoms with van der Waals surface area (Å²) in [6.07, 6.45) is 0. The minimum atomic E-state index is -0.683. The first-order chi connectivity index (χ1) is 7.06. The van der Waals surface area contributed by atoms with Crippen LogP contribution in [0.25, 0.3) is 0 Å². The van der Waals surface area contributed by atoms with E-state index >= 15 is 0 Å². The fourth-order valence-corrected chi connectivity index (χ4v) is 1.07. The molecule has 1 aromatic carbocycles. The molecule has 1 N–H and O–H groups in total. The van der Waals surface area contributed by atoms with Crippen LogP contribution in [-0.2, 0) is 0 Å². The normalized spacial score (nSPS) is 11.5. The van der Waals surface area contributed by atoms with E-state index < -0.39 is 11.6 Å². The number of aliphatic hydroxyl groups excluding tert-OH is 1. The molecule has 0 spiro atoms. The number of nitrogens with zero attached hydrogens (tertiary/aromatic N) is 1.